The van der Waals surface area contributed by atoms with Crippen LogP contribution in [0.3, 0.4) is 0 Å². The molecular weight excluding hydrogens is 311 g/mol. The third-order valence-electron chi connectivity index (χ3n) is 4.27. The topological polar surface area (TPSA) is 72.5 Å². The summed E-state index contributed by atoms with van der Waals surface area (Å²) in [5.41, 5.74) is 5.53. The minimum absolute atomic E-state index is 0. The van der Waals surface area contributed by atoms with Gasteiger partial charge in [0.05, 0.1) is 5.54 Å². The summed E-state index contributed by atoms with van der Waals surface area (Å²) in [6, 6.07) is 6.38. The SMILES string of the molecule is CC1(S(C)(=O)=O)CC[C@@](C)(c2ccccc2F)N=C1N.S. The Balaban J connectivity index is 0.00000220. The van der Waals surface area contributed by atoms with Crippen LogP contribution in [0.2, 0.25) is 0 Å². The van der Waals surface area contributed by atoms with E-state index in [0.29, 0.717) is 18.4 Å². The van der Waals surface area contributed by atoms with E-state index in [1.165, 1.54) is 6.07 Å². The first kappa shape index (κ1) is 18.0. The lowest BCUT2D eigenvalue weighted by Gasteiger charge is -2.39. The maximum atomic E-state index is 13.9. The van der Waals surface area contributed by atoms with Crippen molar-refractivity contribution in [2.75, 3.05) is 6.26 Å². The predicted octanol–water partition coefficient (Wildman–Crippen LogP) is 2.11. The van der Waals surface area contributed by atoms with E-state index in [2.05, 4.69) is 4.99 Å². The lowest BCUT2D eigenvalue weighted by Crippen LogP contribution is -2.52. The molecule has 1 aromatic carbocycles. The highest BCUT2D eigenvalue weighted by Crippen LogP contribution is 2.40. The van der Waals surface area contributed by atoms with Crippen molar-refractivity contribution in [2.45, 2.75) is 37.0 Å². The lowest BCUT2D eigenvalue weighted by atomic mass is 9.81. The van der Waals surface area contributed by atoms with Crippen molar-refractivity contribution in [1.82, 2.24) is 0 Å². The van der Waals surface area contributed by atoms with Gasteiger partial charge in [-0.25, -0.2) is 12.8 Å². The van der Waals surface area contributed by atoms with Crippen LogP contribution in [0, 0.1) is 5.82 Å². The van der Waals surface area contributed by atoms with E-state index in [4.69, 9.17) is 5.73 Å². The van der Waals surface area contributed by atoms with E-state index in [0.717, 1.165) is 6.26 Å². The summed E-state index contributed by atoms with van der Waals surface area (Å²) in [7, 11) is -3.37. The largest absolute Gasteiger partial charge is 0.386 e. The first-order chi connectivity index (χ1) is 9.10. The van der Waals surface area contributed by atoms with Gasteiger partial charge in [-0.15, -0.1) is 0 Å². The highest BCUT2D eigenvalue weighted by atomic mass is 32.2. The van der Waals surface area contributed by atoms with Gasteiger partial charge < -0.3 is 5.73 Å². The molecular formula is C14H21FN2O2S2. The molecule has 1 aromatic rings. The molecule has 21 heavy (non-hydrogen) atoms. The van der Waals surface area contributed by atoms with Crippen LogP contribution in [-0.4, -0.2) is 25.3 Å². The molecule has 1 aliphatic rings. The molecule has 1 heterocycles. The van der Waals surface area contributed by atoms with Crippen LogP contribution in [-0.2, 0) is 15.4 Å². The molecule has 7 heteroatoms. The number of nitrogens with zero attached hydrogens (tertiary/aromatic N) is 1. The van der Waals surface area contributed by atoms with Crippen LogP contribution in [0.1, 0.15) is 32.3 Å². The minimum Gasteiger partial charge on any atom is -0.386 e. The molecule has 0 saturated heterocycles. The van der Waals surface area contributed by atoms with Gasteiger partial charge in [-0.2, -0.15) is 13.5 Å². The molecule has 118 valence electrons. The highest BCUT2D eigenvalue weighted by molar-refractivity contribution is 7.92. The molecule has 0 fully saturated rings. The van der Waals surface area contributed by atoms with Gasteiger partial charge >= 0.3 is 0 Å². The molecule has 2 rings (SSSR count). The first-order valence-corrected chi connectivity index (χ1v) is 8.30. The zero-order valence-corrected chi connectivity index (χ0v) is 14.2. The molecule has 0 spiro atoms. The van der Waals surface area contributed by atoms with Gasteiger partial charge in [-0.1, -0.05) is 18.2 Å². The fourth-order valence-electron chi connectivity index (χ4n) is 2.52. The zero-order valence-electron chi connectivity index (χ0n) is 12.4. The van der Waals surface area contributed by atoms with Crippen molar-refractivity contribution in [2.24, 2.45) is 10.7 Å². The molecule has 1 unspecified atom stereocenters. The third-order valence-corrected chi connectivity index (χ3v) is 6.32. The Hall–Kier alpha value is -1.08. The number of nitrogens with two attached hydrogens (primary N) is 1. The summed E-state index contributed by atoms with van der Waals surface area (Å²) >= 11 is 0. The fraction of sp³-hybridized carbons (Fsp3) is 0.500. The van der Waals surface area contributed by atoms with Crippen molar-refractivity contribution < 1.29 is 12.8 Å². The van der Waals surface area contributed by atoms with Crippen LogP contribution in [0.5, 0.6) is 0 Å². The fourth-order valence-corrected chi connectivity index (χ4v) is 3.42. The maximum Gasteiger partial charge on any atom is 0.160 e. The average Bonchev–Trinajstić information content (AvgIpc) is 2.33. The van der Waals surface area contributed by atoms with Crippen LogP contribution < -0.4 is 5.73 Å². The summed E-state index contributed by atoms with van der Waals surface area (Å²) < 4.78 is 36.6. The maximum absolute atomic E-state index is 13.9. The molecule has 0 aromatic heterocycles. The van der Waals surface area contributed by atoms with Crippen molar-refractivity contribution in [3.63, 3.8) is 0 Å². The second-order valence-electron chi connectivity index (χ2n) is 5.75. The summed E-state index contributed by atoms with van der Waals surface area (Å²) in [5, 5.41) is 0. The molecule has 0 aliphatic carbocycles. The number of benzene rings is 1. The van der Waals surface area contributed by atoms with Gasteiger partial charge in [0.15, 0.2) is 9.84 Å². The Morgan fingerprint density at radius 2 is 1.81 bits per heavy atom. The Kier molecular flexibility index (Phi) is 4.80. The number of aliphatic imine (C=N–C) groups is 1. The normalized spacial score (nSPS) is 29.4. The smallest absolute Gasteiger partial charge is 0.160 e. The molecule has 1 aliphatic heterocycles. The summed E-state index contributed by atoms with van der Waals surface area (Å²) in [6.07, 6.45) is 1.91. The average molecular weight is 332 g/mol. The minimum atomic E-state index is -3.37. The lowest BCUT2D eigenvalue weighted by molar-refractivity contribution is 0.379. The van der Waals surface area contributed by atoms with Crippen LogP contribution >= 0.6 is 13.5 Å². The van der Waals surface area contributed by atoms with E-state index >= 15 is 0 Å². The Labute approximate surface area is 132 Å². The second kappa shape index (κ2) is 5.61. The highest BCUT2D eigenvalue weighted by Gasteiger charge is 2.47. The number of halogens is 1. The quantitative estimate of drug-likeness (QED) is 0.901. The summed E-state index contributed by atoms with van der Waals surface area (Å²) in [5.74, 6) is -0.300. The molecule has 0 radical (unpaired) electrons. The van der Waals surface area contributed by atoms with E-state index in [9.17, 15) is 12.8 Å². The van der Waals surface area contributed by atoms with Gasteiger partial charge in [0.2, 0.25) is 0 Å². The van der Waals surface area contributed by atoms with Gasteiger partial charge in [0.25, 0.3) is 0 Å². The molecule has 2 N–H and O–H groups in total. The van der Waals surface area contributed by atoms with Crippen molar-refractivity contribution in [3.05, 3.63) is 35.6 Å². The van der Waals surface area contributed by atoms with E-state index in [1.54, 1.807) is 32.0 Å². The standard InChI is InChI=1S/C14H19FN2O2S.H2S/c1-13(10-6-4-5-7-11(10)15)8-9-14(2,12(16)17-13)20(3,18)19;/h4-7H,8-9H2,1-3H3,(H2,16,17);1H2/t13-,14?;/m0./s1. The van der Waals surface area contributed by atoms with Gasteiger partial charge in [-0.3, -0.25) is 4.99 Å². The molecule has 0 bridgehead atoms. The molecule has 0 saturated carbocycles. The monoisotopic (exact) mass is 332 g/mol. The van der Waals surface area contributed by atoms with Crippen LogP contribution in [0.4, 0.5) is 4.39 Å². The zero-order chi connectivity index (χ0) is 15.2. The number of hydrogen-bond acceptors (Lipinski definition) is 4. The van der Waals surface area contributed by atoms with E-state index < -0.39 is 20.1 Å². The van der Waals surface area contributed by atoms with Crippen molar-refractivity contribution in [3.8, 4) is 0 Å². The van der Waals surface area contributed by atoms with E-state index in [-0.39, 0.29) is 25.1 Å². The summed E-state index contributed by atoms with van der Waals surface area (Å²) in [6.45, 7) is 3.35. The third kappa shape index (κ3) is 2.94. The number of hydrogen-bond donors (Lipinski definition) is 1. The number of rotatable bonds is 2. The van der Waals surface area contributed by atoms with Crippen molar-refractivity contribution >= 4 is 29.2 Å². The van der Waals surface area contributed by atoms with Gasteiger partial charge in [-0.05, 0) is 32.8 Å². The Bertz CT molecular complexity index is 675. The molecule has 0 amide bonds. The van der Waals surface area contributed by atoms with Gasteiger partial charge in [0.1, 0.15) is 16.4 Å². The molecule has 4 nitrogen and oxygen atoms in total. The predicted molar refractivity (Wildman–Crippen MR) is 88.2 cm³/mol. The van der Waals surface area contributed by atoms with Crippen molar-refractivity contribution in [1.29, 1.82) is 0 Å². The second-order valence-corrected chi connectivity index (χ2v) is 8.20. The number of amidine groups is 1. The van der Waals surface area contributed by atoms with E-state index in [1.807, 2.05) is 0 Å². The van der Waals surface area contributed by atoms with Crippen LogP contribution in [0.15, 0.2) is 29.3 Å². The molecule has 2 atom stereocenters. The number of sulfone groups is 1. The van der Waals surface area contributed by atoms with Crippen LogP contribution in [0.25, 0.3) is 0 Å². The Morgan fingerprint density at radius 3 is 2.29 bits per heavy atom. The Morgan fingerprint density at radius 1 is 1.24 bits per heavy atom. The van der Waals surface area contributed by atoms with Gasteiger partial charge in [0, 0.05) is 11.8 Å². The first-order valence-electron chi connectivity index (χ1n) is 6.41. The summed E-state index contributed by atoms with van der Waals surface area (Å²) in [4.78, 5) is 4.34.